The molecule has 0 aliphatic carbocycles. The molecule has 0 radical (unpaired) electrons. The predicted octanol–water partition coefficient (Wildman–Crippen LogP) is 5.15. The van der Waals surface area contributed by atoms with Crippen LogP contribution in [0.2, 0.25) is 0 Å². The summed E-state index contributed by atoms with van der Waals surface area (Å²) in [5, 5.41) is 3.32. The molecule has 0 aliphatic rings. The summed E-state index contributed by atoms with van der Waals surface area (Å²) in [4.78, 5) is 0. The summed E-state index contributed by atoms with van der Waals surface area (Å²) in [6.45, 7) is 2.65. The lowest BCUT2D eigenvalue weighted by Gasteiger charge is -2.12. The summed E-state index contributed by atoms with van der Waals surface area (Å²) in [5.41, 5.74) is 3.03. The van der Waals surface area contributed by atoms with E-state index in [0.717, 1.165) is 23.0 Å². The third-order valence-electron chi connectivity index (χ3n) is 3.01. The van der Waals surface area contributed by atoms with Gasteiger partial charge < -0.3 is 5.32 Å². The lowest BCUT2D eigenvalue weighted by Crippen LogP contribution is -2.04. The van der Waals surface area contributed by atoms with E-state index in [9.17, 15) is 4.39 Å². The zero-order chi connectivity index (χ0) is 13.7. The molecule has 2 rings (SSSR count). The second kappa shape index (κ2) is 6.71. The minimum absolute atomic E-state index is 0.177. The second-order valence-corrected chi connectivity index (χ2v) is 5.41. The van der Waals surface area contributed by atoms with Gasteiger partial charge in [0.05, 0.1) is 0 Å². The standard InChI is InChI=1S/C16H17BrFN/c1-2-5-12-6-3-4-7-16(12)19-11-13-10-14(17)8-9-15(13)18/h3-4,6-10,19H,2,5,11H2,1H3. The number of hydrogen-bond donors (Lipinski definition) is 1. The summed E-state index contributed by atoms with van der Waals surface area (Å²) in [7, 11) is 0. The van der Waals surface area contributed by atoms with Gasteiger partial charge in [0.2, 0.25) is 0 Å². The van der Waals surface area contributed by atoms with Crippen LogP contribution in [-0.2, 0) is 13.0 Å². The Bertz CT molecular complexity index is 554. The van der Waals surface area contributed by atoms with Crippen molar-refractivity contribution >= 4 is 21.6 Å². The van der Waals surface area contributed by atoms with Crippen LogP contribution in [0.5, 0.6) is 0 Å². The maximum atomic E-state index is 13.7. The summed E-state index contributed by atoms with van der Waals surface area (Å²) < 4.78 is 14.6. The van der Waals surface area contributed by atoms with E-state index < -0.39 is 0 Å². The highest BCUT2D eigenvalue weighted by Gasteiger charge is 2.04. The van der Waals surface area contributed by atoms with Crippen LogP contribution in [0.15, 0.2) is 46.9 Å². The molecule has 1 nitrogen and oxygen atoms in total. The van der Waals surface area contributed by atoms with E-state index in [2.05, 4.69) is 34.2 Å². The van der Waals surface area contributed by atoms with Gasteiger partial charge in [0.1, 0.15) is 5.82 Å². The van der Waals surface area contributed by atoms with Crippen LogP contribution in [0, 0.1) is 5.82 Å². The monoisotopic (exact) mass is 321 g/mol. The Morgan fingerprint density at radius 1 is 1.11 bits per heavy atom. The van der Waals surface area contributed by atoms with Crippen LogP contribution in [0.25, 0.3) is 0 Å². The summed E-state index contributed by atoms with van der Waals surface area (Å²) in [6.07, 6.45) is 2.13. The highest BCUT2D eigenvalue weighted by molar-refractivity contribution is 9.10. The third kappa shape index (κ3) is 3.80. The third-order valence-corrected chi connectivity index (χ3v) is 3.51. The van der Waals surface area contributed by atoms with E-state index >= 15 is 0 Å². The zero-order valence-electron chi connectivity index (χ0n) is 10.9. The minimum Gasteiger partial charge on any atom is -0.381 e. The van der Waals surface area contributed by atoms with Gasteiger partial charge in [0, 0.05) is 22.3 Å². The summed E-state index contributed by atoms with van der Waals surface area (Å²) in [6, 6.07) is 13.2. The Morgan fingerprint density at radius 3 is 2.68 bits per heavy atom. The highest BCUT2D eigenvalue weighted by Crippen LogP contribution is 2.20. The fraction of sp³-hybridized carbons (Fsp3) is 0.250. The summed E-state index contributed by atoms with van der Waals surface area (Å²) in [5.74, 6) is -0.177. The van der Waals surface area contributed by atoms with Crippen molar-refractivity contribution in [3.63, 3.8) is 0 Å². The predicted molar refractivity (Wildman–Crippen MR) is 81.9 cm³/mol. The number of aryl methyl sites for hydroxylation is 1. The van der Waals surface area contributed by atoms with Gasteiger partial charge in [-0.05, 0) is 36.2 Å². The van der Waals surface area contributed by atoms with Crippen molar-refractivity contribution in [3.8, 4) is 0 Å². The first kappa shape index (κ1) is 14.1. The fourth-order valence-electron chi connectivity index (χ4n) is 2.05. The first-order valence-corrected chi connectivity index (χ1v) is 7.25. The van der Waals surface area contributed by atoms with E-state index in [-0.39, 0.29) is 5.82 Å². The molecule has 2 aromatic rings. The molecule has 0 aliphatic heterocycles. The molecule has 0 amide bonds. The topological polar surface area (TPSA) is 12.0 Å². The Labute approximate surface area is 122 Å². The maximum absolute atomic E-state index is 13.7. The van der Waals surface area contributed by atoms with Crippen LogP contribution in [0.3, 0.4) is 0 Å². The average Bonchev–Trinajstić information content (AvgIpc) is 2.42. The molecule has 0 heterocycles. The molecule has 0 fully saturated rings. The number of anilines is 1. The van der Waals surface area contributed by atoms with E-state index in [1.807, 2.05) is 24.3 Å². The first-order chi connectivity index (χ1) is 9.20. The van der Waals surface area contributed by atoms with Gasteiger partial charge in [-0.2, -0.15) is 0 Å². The molecule has 19 heavy (non-hydrogen) atoms. The van der Waals surface area contributed by atoms with Gasteiger partial charge in [-0.25, -0.2) is 4.39 Å². The molecular weight excluding hydrogens is 305 g/mol. The first-order valence-electron chi connectivity index (χ1n) is 6.46. The highest BCUT2D eigenvalue weighted by atomic mass is 79.9. The molecule has 100 valence electrons. The molecule has 0 bridgehead atoms. The van der Waals surface area contributed by atoms with Crippen molar-refractivity contribution < 1.29 is 4.39 Å². The van der Waals surface area contributed by atoms with E-state index in [1.165, 1.54) is 11.6 Å². The van der Waals surface area contributed by atoms with Crippen molar-refractivity contribution in [1.29, 1.82) is 0 Å². The minimum atomic E-state index is -0.177. The van der Waals surface area contributed by atoms with Gasteiger partial charge in [0.15, 0.2) is 0 Å². The van der Waals surface area contributed by atoms with Crippen LogP contribution in [-0.4, -0.2) is 0 Å². The van der Waals surface area contributed by atoms with Crippen molar-refractivity contribution in [2.75, 3.05) is 5.32 Å². The molecule has 0 saturated carbocycles. The number of benzene rings is 2. The Hall–Kier alpha value is -1.35. The average molecular weight is 322 g/mol. The second-order valence-electron chi connectivity index (χ2n) is 4.50. The van der Waals surface area contributed by atoms with Gasteiger partial charge in [-0.15, -0.1) is 0 Å². The smallest absolute Gasteiger partial charge is 0.128 e. The molecular formula is C16H17BrFN. The molecule has 0 saturated heterocycles. The quantitative estimate of drug-likeness (QED) is 0.802. The number of nitrogens with one attached hydrogen (secondary N) is 1. The number of para-hydroxylation sites is 1. The molecule has 0 unspecified atom stereocenters. The van der Waals surface area contributed by atoms with E-state index in [0.29, 0.717) is 12.1 Å². The van der Waals surface area contributed by atoms with E-state index in [4.69, 9.17) is 0 Å². The molecule has 1 N–H and O–H groups in total. The van der Waals surface area contributed by atoms with Gasteiger partial charge in [-0.3, -0.25) is 0 Å². The number of rotatable bonds is 5. The van der Waals surface area contributed by atoms with Crippen molar-refractivity contribution in [3.05, 3.63) is 63.9 Å². The molecule has 0 aromatic heterocycles. The molecule has 2 aromatic carbocycles. The zero-order valence-corrected chi connectivity index (χ0v) is 12.5. The number of hydrogen-bond acceptors (Lipinski definition) is 1. The normalized spacial score (nSPS) is 10.5. The fourth-order valence-corrected chi connectivity index (χ4v) is 2.46. The van der Waals surface area contributed by atoms with Crippen LogP contribution in [0.1, 0.15) is 24.5 Å². The van der Waals surface area contributed by atoms with Crippen LogP contribution in [0.4, 0.5) is 10.1 Å². The van der Waals surface area contributed by atoms with Crippen LogP contribution < -0.4 is 5.32 Å². The van der Waals surface area contributed by atoms with Crippen LogP contribution >= 0.6 is 15.9 Å². The van der Waals surface area contributed by atoms with Gasteiger partial charge in [-0.1, -0.05) is 47.5 Å². The van der Waals surface area contributed by atoms with Crippen molar-refractivity contribution in [2.24, 2.45) is 0 Å². The summed E-state index contributed by atoms with van der Waals surface area (Å²) >= 11 is 3.37. The van der Waals surface area contributed by atoms with Crippen molar-refractivity contribution in [2.45, 2.75) is 26.3 Å². The molecule has 0 spiro atoms. The molecule has 3 heteroatoms. The Balaban J connectivity index is 2.12. The lowest BCUT2D eigenvalue weighted by atomic mass is 10.1. The number of halogens is 2. The van der Waals surface area contributed by atoms with Gasteiger partial charge in [0.25, 0.3) is 0 Å². The Morgan fingerprint density at radius 2 is 1.89 bits per heavy atom. The molecule has 0 atom stereocenters. The van der Waals surface area contributed by atoms with Crippen molar-refractivity contribution in [1.82, 2.24) is 0 Å². The lowest BCUT2D eigenvalue weighted by molar-refractivity contribution is 0.612. The maximum Gasteiger partial charge on any atom is 0.128 e. The van der Waals surface area contributed by atoms with Gasteiger partial charge >= 0.3 is 0 Å². The SMILES string of the molecule is CCCc1ccccc1NCc1cc(Br)ccc1F. The largest absolute Gasteiger partial charge is 0.381 e. The van der Waals surface area contributed by atoms with E-state index in [1.54, 1.807) is 6.07 Å². The Kier molecular flexibility index (Phi) is 4.97.